The molecule has 21 heavy (non-hydrogen) atoms. The van der Waals surface area contributed by atoms with E-state index in [4.69, 9.17) is 0 Å². The van der Waals surface area contributed by atoms with Crippen LogP contribution >= 0.6 is 11.8 Å². The lowest BCUT2D eigenvalue weighted by molar-refractivity contribution is -0.460. The van der Waals surface area contributed by atoms with Crippen molar-refractivity contribution in [2.24, 2.45) is 4.99 Å². The molecule has 0 fully saturated rings. The fraction of sp³-hybridized carbons (Fsp3) is 0.176. The molecular formula is C17H20N3S+. The molecule has 0 N–H and O–H groups in total. The highest BCUT2D eigenvalue weighted by atomic mass is 32.2. The third kappa shape index (κ3) is 4.20. The molecule has 2 rings (SSSR count). The van der Waals surface area contributed by atoms with Crippen molar-refractivity contribution in [1.29, 1.82) is 0 Å². The number of rotatable bonds is 3. The quantitative estimate of drug-likeness (QED) is 0.487. The monoisotopic (exact) mass is 298 g/mol. The zero-order valence-electron chi connectivity index (χ0n) is 12.6. The van der Waals surface area contributed by atoms with Crippen LogP contribution in [0.2, 0.25) is 0 Å². The fourth-order valence-corrected chi connectivity index (χ4v) is 2.44. The van der Waals surface area contributed by atoms with Gasteiger partial charge in [-0.1, -0.05) is 48.2 Å². The Morgan fingerprint density at radius 2 is 1.43 bits per heavy atom. The van der Waals surface area contributed by atoms with Crippen LogP contribution in [0.15, 0.2) is 65.7 Å². The zero-order valence-corrected chi connectivity index (χ0v) is 13.4. The molecule has 108 valence electrons. The molecule has 2 aromatic carbocycles. The molecule has 0 spiro atoms. The predicted octanol–water partition coefficient (Wildman–Crippen LogP) is 3.84. The maximum Gasteiger partial charge on any atom is 0.286 e. The summed E-state index contributed by atoms with van der Waals surface area (Å²) in [6, 6.07) is 20.6. The van der Waals surface area contributed by atoms with Crippen molar-refractivity contribution in [1.82, 2.24) is 0 Å². The first kappa shape index (κ1) is 15.3. The van der Waals surface area contributed by atoms with E-state index < -0.39 is 0 Å². The van der Waals surface area contributed by atoms with E-state index in [-0.39, 0.29) is 0 Å². The molecule has 2 aromatic rings. The van der Waals surface area contributed by atoms with Gasteiger partial charge in [-0.15, -0.1) is 0 Å². The average Bonchev–Trinajstić information content (AvgIpc) is 2.53. The SMILES string of the molecule is CSC(=NC=[N+](C)C)N(c1ccccc1)c1ccccc1. The minimum Gasteiger partial charge on any atom is -0.270 e. The normalized spacial score (nSPS) is 11.1. The van der Waals surface area contributed by atoms with Crippen LogP contribution in [0.1, 0.15) is 0 Å². The Balaban J connectivity index is 2.51. The van der Waals surface area contributed by atoms with Crippen molar-refractivity contribution in [2.45, 2.75) is 0 Å². The summed E-state index contributed by atoms with van der Waals surface area (Å²) in [4.78, 5) is 6.76. The molecule has 0 aromatic heterocycles. The van der Waals surface area contributed by atoms with Gasteiger partial charge >= 0.3 is 0 Å². The van der Waals surface area contributed by atoms with E-state index in [9.17, 15) is 0 Å². The zero-order chi connectivity index (χ0) is 15.1. The van der Waals surface area contributed by atoms with Gasteiger partial charge in [0.2, 0.25) is 0 Å². The predicted molar refractivity (Wildman–Crippen MR) is 94.1 cm³/mol. The van der Waals surface area contributed by atoms with E-state index in [0.29, 0.717) is 0 Å². The third-order valence-corrected chi connectivity index (χ3v) is 3.45. The summed E-state index contributed by atoms with van der Waals surface area (Å²) >= 11 is 1.63. The Morgan fingerprint density at radius 3 is 1.81 bits per heavy atom. The molecule has 0 bridgehead atoms. The second-order valence-electron chi connectivity index (χ2n) is 4.70. The van der Waals surface area contributed by atoms with Gasteiger partial charge in [-0.25, -0.2) is 0 Å². The number of thioether (sulfide) groups is 1. The summed E-state index contributed by atoms with van der Waals surface area (Å²) in [6.45, 7) is 0. The molecule has 0 aliphatic rings. The maximum atomic E-state index is 4.60. The van der Waals surface area contributed by atoms with E-state index >= 15 is 0 Å². The molecule has 0 saturated carbocycles. The van der Waals surface area contributed by atoms with Crippen LogP contribution in [-0.4, -0.2) is 36.4 Å². The van der Waals surface area contributed by atoms with Crippen LogP contribution < -0.4 is 4.90 Å². The first-order valence-electron chi connectivity index (χ1n) is 6.74. The van der Waals surface area contributed by atoms with E-state index in [1.54, 1.807) is 11.8 Å². The smallest absolute Gasteiger partial charge is 0.270 e. The van der Waals surface area contributed by atoms with Crippen molar-refractivity contribution in [3.8, 4) is 0 Å². The number of nitrogens with zero attached hydrogens (tertiary/aromatic N) is 3. The van der Waals surface area contributed by atoms with Gasteiger partial charge in [0.15, 0.2) is 0 Å². The lowest BCUT2D eigenvalue weighted by atomic mass is 10.2. The second-order valence-corrected chi connectivity index (χ2v) is 5.47. The molecule has 0 unspecified atom stereocenters. The minimum absolute atomic E-state index is 0.932. The minimum atomic E-state index is 0.932. The van der Waals surface area contributed by atoms with E-state index in [1.807, 2.05) is 67.7 Å². The number of amidine groups is 1. The molecule has 0 saturated heterocycles. The van der Waals surface area contributed by atoms with Gasteiger partial charge in [0.25, 0.3) is 11.5 Å². The highest BCUT2D eigenvalue weighted by Gasteiger charge is 2.18. The molecule has 3 nitrogen and oxygen atoms in total. The first-order chi connectivity index (χ1) is 10.2. The summed E-state index contributed by atoms with van der Waals surface area (Å²) in [7, 11) is 3.94. The topological polar surface area (TPSA) is 18.6 Å². The van der Waals surface area contributed by atoms with Crippen LogP contribution in [0.5, 0.6) is 0 Å². The van der Waals surface area contributed by atoms with Crippen molar-refractivity contribution in [3.63, 3.8) is 0 Å². The highest BCUT2D eigenvalue weighted by Crippen LogP contribution is 2.28. The summed E-state index contributed by atoms with van der Waals surface area (Å²) in [5.74, 6) is 0. The number of anilines is 2. The number of benzene rings is 2. The largest absolute Gasteiger partial charge is 0.286 e. The molecule has 0 radical (unpaired) electrons. The summed E-state index contributed by atoms with van der Waals surface area (Å²) < 4.78 is 1.93. The Hall–Kier alpha value is -2.07. The van der Waals surface area contributed by atoms with Crippen molar-refractivity contribution < 1.29 is 4.58 Å². The van der Waals surface area contributed by atoms with Gasteiger partial charge in [-0.05, 0) is 35.5 Å². The number of hydrogen-bond acceptors (Lipinski definition) is 1. The summed E-state index contributed by atoms with van der Waals surface area (Å²) in [5, 5.41) is 0.932. The van der Waals surface area contributed by atoms with Gasteiger partial charge in [0, 0.05) is 0 Å². The Labute approximate surface area is 130 Å². The van der Waals surface area contributed by atoms with Crippen molar-refractivity contribution in [2.75, 3.05) is 25.3 Å². The number of para-hydroxylation sites is 2. The van der Waals surface area contributed by atoms with Crippen LogP contribution in [-0.2, 0) is 0 Å². The Morgan fingerprint density at radius 1 is 0.952 bits per heavy atom. The lowest BCUT2D eigenvalue weighted by Crippen LogP contribution is -2.23. The number of hydrogen-bond donors (Lipinski definition) is 0. The van der Waals surface area contributed by atoms with Gasteiger partial charge in [0.05, 0.1) is 25.5 Å². The van der Waals surface area contributed by atoms with Crippen molar-refractivity contribution >= 4 is 34.6 Å². The Kier molecular flexibility index (Phi) is 5.58. The van der Waals surface area contributed by atoms with Crippen LogP contribution in [0.4, 0.5) is 11.4 Å². The van der Waals surface area contributed by atoms with Crippen LogP contribution in [0.25, 0.3) is 0 Å². The van der Waals surface area contributed by atoms with Crippen molar-refractivity contribution in [3.05, 3.63) is 60.7 Å². The van der Waals surface area contributed by atoms with Gasteiger partial charge in [-0.2, -0.15) is 0 Å². The van der Waals surface area contributed by atoms with Gasteiger partial charge in [0.1, 0.15) is 0 Å². The molecule has 4 heteroatoms. The fourth-order valence-electron chi connectivity index (χ4n) is 1.89. The lowest BCUT2D eigenvalue weighted by Gasteiger charge is -2.22. The third-order valence-electron chi connectivity index (χ3n) is 2.80. The maximum absolute atomic E-state index is 4.60. The summed E-state index contributed by atoms with van der Waals surface area (Å²) in [6.07, 6.45) is 3.87. The molecule has 0 aliphatic heterocycles. The van der Waals surface area contributed by atoms with Gasteiger partial charge in [-0.3, -0.25) is 9.48 Å². The standard InChI is InChI=1S/C17H20N3S/c1-19(2)14-18-17(21-3)20(15-10-6-4-7-11-15)16-12-8-5-9-13-16/h4-14H,1-3H3/q+1. The Bertz CT molecular complexity index is 577. The molecule has 0 heterocycles. The highest BCUT2D eigenvalue weighted by molar-refractivity contribution is 8.13. The van der Waals surface area contributed by atoms with Gasteiger partial charge < -0.3 is 0 Å². The van der Waals surface area contributed by atoms with Crippen LogP contribution in [0.3, 0.4) is 0 Å². The number of aliphatic imine (C=N–C) groups is 1. The molecular weight excluding hydrogens is 278 g/mol. The van der Waals surface area contributed by atoms with Crippen LogP contribution in [0, 0.1) is 0 Å². The second kappa shape index (κ2) is 7.64. The molecule has 0 amide bonds. The van der Waals surface area contributed by atoms with E-state index in [0.717, 1.165) is 16.5 Å². The summed E-state index contributed by atoms with van der Waals surface area (Å²) in [5.41, 5.74) is 2.20. The van der Waals surface area contributed by atoms with E-state index in [2.05, 4.69) is 34.2 Å². The molecule has 0 atom stereocenters. The first-order valence-corrected chi connectivity index (χ1v) is 7.96. The average molecular weight is 298 g/mol. The van der Waals surface area contributed by atoms with E-state index in [1.165, 1.54) is 0 Å². The molecule has 0 aliphatic carbocycles.